The molecule has 0 N–H and O–H groups in total. The van der Waals surface area contributed by atoms with E-state index in [-0.39, 0.29) is 18.5 Å². The number of hydrogen-bond donors (Lipinski definition) is 0. The number of carbonyl (C=O) groups is 1. The van der Waals surface area contributed by atoms with E-state index in [1.54, 1.807) is 4.68 Å². The van der Waals surface area contributed by atoms with Gasteiger partial charge < -0.3 is 9.64 Å². The first-order valence-electron chi connectivity index (χ1n) is 10.1. The Balaban J connectivity index is 1.56. The molecule has 158 valence electrons. The molecule has 0 unspecified atom stereocenters. The Morgan fingerprint density at radius 1 is 1.06 bits per heavy atom. The summed E-state index contributed by atoms with van der Waals surface area (Å²) in [6, 6.07) is 17.4. The highest BCUT2D eigenvalue weighted by molar-refractivity contribution is 6.30. The molecule has 0 spiro atoms. The maximum Gasteiger partial charge on any atom is 0.251 e. The van der Waals surface area contributed by atoms with Crippen LogP contribution in [0.25, 0.3) is 5.70 Å². The zero-order valence-corrected chi connectivity index (χ0v) is 17.5. The Kier molecular flexibility index (Phi) is 5.40. The minimum Gasteiger partial charge on any atom is -0.378 e. The standard InChI is InChI=1S/C22H21ClN6O2/c23-18-8-6-17(7-9-18)19-14-20(16-4-2-1-3-5-16)29-22(24-25-26-29)28(19)15-21(30)27-10-12-31-13-11-27/h1-9,14,20H,10-13,15H2/t20-/m0/s1. The molecular formula is C22H21ClN6O2. The lowest BCUT2D eigenvalue weighted by Gasteiger charge is -2.34. The highest BCUT2D eigenvalue weighted by Crippen LogP contribution is 2.36. The van der Waals surface area contributed by atoms with Crippen LogP contribution in [0.1, 0.15) is 17.2 Å². The maximum absolute atomic E-state index is 13.1. The summed E-state index contributed by atoms with van der Waals surface area (Å²) in [5, 5.41) is 13.1. The quantitative estimate of drug-likeness (QED) is 0.625. The summed E-state index contributed by atoms with van der Waals surface area (Å²) in [6.07, 6.45) is 2.09. The van der Waals surface area contributed by atoms with Crippen molar-refractivity contribution in [2.45, 2.75) is 6.04 Å². The summed E-state index contributed by atoms with van der Waals surface area (Å²) in [6.45, 7) is 2.42. The van der Waals surface area contributed by atoms with Crippen LogP contribution in [0.3, 0.4) is 0 Å². The molecule has 3 aromatic rings. The molecule has 9 heteroatoms. The second-order valence-electron chi connectivity index (χ2n) is 7.42. The third-order valence-electron chi connectivity index (χ3n) is 5.53. The van der Waals surface area contributed by atoms with Crippen LogP contribution in [0, 0.1) is 0 Å². The number of halogens is 1. The molecule has 1 fully saturated rings. The number of fused-ring (bicyclic) bond motifs is 1. The largest absolute Gasteiger partial charge is 0.378 e. The van der Waals surface area contributed by atoms with Crippen LogP contribution in [-0.4, -0.2) is 63.9 Å². The van der Waals surface area contributed by atoms with Crippen molar-refractivity contribution in [2.24, 2.45) is 0 Å². The third kappa shape index (κ3) is 3.92. The van der Waals surface area contributed by atoms with Gasteiger partial charge in [0.15, 0.2) is 0 Å². The van der Waals surface area contributed by atoms with E-state index in [1.807, 2.05) is 64.4 Å². The zero-order valence-electron chi connectivity index (χ0n) is 16.8. The van der Waals surface area contributed by atoms with Gasteiger partial charge in [0.25, 0.3) is 5.95 Å². The molecule has 1 atom stereocenters. The third-order valence-corrected chi connectivity index (χ3v) is 5.78. The van der Waals surface area contributed by atoms with Gasteiger partial charge in [-0.1, -0.05) is 59.2 Å². The first kappa shape index (κ1) is 19.7. The Hall–Kier alpha value is -3.23. The van der Waals surface area contributed by atoms with Crippen LogP contribution in [-0.2, 0) is 9.53 Å². The second-order valence-corrected chi connectivity index (χ2v) is 7.85. The normalized spacial score (nSPS) is 18.5. The highest BCUT2D eigenvalue weighted by Gasteiger charge is 2.33. The van der Waals surface area contributed by atoms with Crippen molar-refractivity contribution in [1.29, 1.82) is 0 Å². The van der Waals surface area contributed by atoms with Gasteiger partial charge >= 0.3 is 0 Å². The van der Waals surface area contributed by atoms with Crippen molar-refractivity contribution in [3.63, 3.8) is 0 Å². The molecule has 0 bridgehead atoms. The first-order chi connectivity index (χ1) is 15.2. The van der Waals surface area contributed by atoms with Gasteiger partial charge in [0.2, 0.25) is 5.91 Å². The van der Waals surface area contributed by atoms with Crippen molar-refractivity contribution in [3.8, 4) is 0 Å². The molecular weight excluding hydrogens is 416 g/mol. The SMILES string of the molecule is O=C(CN1C(c2ccc(Cl)cc2)=C[C@@H](c2ccccc2)n2nnnc21)N1CCOCC1. The molecule has 5 rings (SSSR count). The fourth-order valence-electron chi connectivity index (χ4n) is 3.93. The molecule has 2 aliphatic heterocycles. The first-order valence-corrected chi connectivity index (χ1v) is 10.5. The topological polar surface area (TPSA) is 76.4 Å². The number of rotatable bonds is 4. The molecule has 3 heterocycles. The number of anilines is 1. The van der Waals surface area contributed by atoms with Crippen LogP contribution in [0.5, 0.6) is 0 Å². The predicted octanol–water partition coefficient (Wildman–Crippen LogP) is 2.64. The molecule has 31 heavy (non-hydrogen) atoms. The number of carbonyl (C=O) groups excluding carboxylic acids is 1. The van der Waals surface area contributed by atoms with Gasteiger partial charge in [-0.2, -0.15) is 4.68 Å². The van der Waals surface area contributed by atoms with Crippen LogP contribution in [0.2, 0.25) is 5.02 Å². The molecule has 2 aromatic carbocycles. The van der Waals surface area contributed by atoms with Crippen molar-refractivity contribution in [1.82, 2.24) is 25.1 Å². The number of hydrogen-bond acceptors (Lipinski definition) is 6. The Morgan fingerprint density at radius 2 is 1.81 bits per heavy atom. The molecule has 0 aliphatic carbocycles. The lowest BCUT2D eigenvalue weighted by molar-refractivity contribution is -0.133. The minimum atomic E-state index is -0.188. The number of tetrazole rings is 1. The zero-order chi connectivity index (χ0) is 21.2. The lowest BCUT2D eigenvalue weighted by atomic mass is 10.0. The second kappa shape index (κ2) is 8.49. The molecule has 2 aliphatic rings. The Morgan fingerprint density at radius 3 is 2.55 bits per heavy atom. The van der Waals surface area contributed by atoms with Crippen LogP contribution >= 0.6 is 11.6 Å². The van der Waals surface area contributed by atoms with E-state index in [4.69, 9.17) is 16.3 Å². The fraction of sp³-hybridized carbons (Fsp3) is 0.273. The van der Waals surface area contributed by atoms with Gasteiger partial charge in [-0.15, -0.1) is 0 Å². The van der Waals surface area contributed by atoms with Crippen LogP contribution in [0.4, 0.5) is 5.95 Å². The number of ether oxygens (including phenoxy) is 1. The van der Waals surface area contributed by atoms with E-state index in [0.29, 0.717) is 37.3 Å². The van der Waals surface area contributed by atoms with E-state index >= 15 is 0 Å². The summed E-state index contributed by atoms with van der Waals surface area (Å²) in [5.41, 5.74) is 2.87. The molecule has 1 aromatic heterocycles. The number of benzene rings is 2. The average molecular weight is 437 g/mol. The molecule has 1 amide bonds. The number of aromatic nitrogens is 4. The van der Waals surface area contributed by atoms with Gasteiger partial charge in [0.1, 0.15) is 12.6 Å². The Labute approximate surface area is 184 Å². The number of amides is 1. The number of nitrogens with zero attached hydrogens (tertiary/aromatic N) is 6. The van der Waals surface area contributed by atoms with E-state index < -0.39 is 0 Å². The van der Waals surface area contributed by atoms with Gasteiger partial charge in [-0.3, -0.25) is 9.69 Å². The monoisotopic (exact) mass is 436 g/mol. The van der Waals surface area contributed by atoms with Crippen LogP contribution < -0.4 is 4.90 Å². The van der Waals surface area contributed by atoms with Gasteiger partial charge in [-0.25, -0.2) is 0 Å². The molecule has 8 nitrogen and oxygen atoms in total. The van der Waals surface area contributed by atoms with Crippen LogP contribution in [0.15, 0.2) is 60.7 Å². The van der Waals surface area contributed by atoms with Gasteiger partial charge in [0.05, 0.1) is 18.9 Å². The van der Waals surface area contributed by atoms with Gasteiger partial charge in [-0.05, 0) is 39.8 Å². The summed E-state index contributed by atoms with van der Waals surface area (Å²) < 4.78 is 7.13. The highest BCUT2D eigenvalue weighted by atomic mass is 35.5. The average Bonchev–Trinajstić information content (AvgIpc) is 3.31. The summed E-state index contributed by atoms with van der Waals surface area (Å²) in [5.74, 6) is 0.541. The summed E-state index contributed by atoms with van der Waals surface area (Å²) >= 11 is 6.12. The van der Waals surface area contributed by atoms with Crippen molar-refractivity contribution in [3.05, 3.63) is 76.8 Å². The van der Waals surface area contributed by atoms with Crippen molar-refractivity contribution in [2.75, 3.05) is 37.7 Å². The van der Waals surface area contributed by atoms with E-state index in [1.165, 1.54) is 0 Å². The molecule has 0 saturated carbocycles. The molecule has 1 saturated heterocycles. The summed E-state index contributed by atoms with van der Waals surface area (Å²) in [7, 11) is 0. The fourth-order valence-corrected chi connectivity index (χ4v) is 4.05. The maximum atomic E-state index is 13.1. The Bertz CT molecular complexity index is 1090. The number of morpholine rings is 1. The smallest absolute Gasteiger partial charge is 0.251 e. The molecule has 0 radical (unpaired) electrons. The van der Waals surface area contributed by atoms with E-state index in [2.05, 4.69) is 21.6 Å². The van der Waals surface area contributed by atoms with Gasteiger partial charge in [0, 0.05) is 18.1 Å². The number of allylic oxidation sites excluding steroid dienone is 1. The van der Waals surface area contributed by atoms with Crippen molar-refractivity contribution < 1.29 is 9.53 Å². The van der Waals surface area contributed by atoms with E-state index in [9.17, 15) is 4.79 Å². The summed E-state index contributed by atoms with van der Waals surface area (Å²) in [4.78, 5) is 16.8. The van der Waals surface area contributed by atoms with E-state index in [0.717, 1.165) is 16.8 Å². The predicted molar refractivity (Wildman–Crippen MR) is 117 cm³/mol. The minimum absolute atomic E-state index is 0.0101. The lowest BCUT2D eigenvalue weighted by Crippen LogP contribution is -2.46. The van der Waals surface area contributed by atoms with Crippen molar-refractivity contribution >= 4 is 29.2 Å².